The van der Waals surface area contributed by atoms with Crippen LogP contribution in [0, 0.1) is 12.8 Å². The van der Waals surface area contributed by atoms with Crippen LogP contribution in [0.1, 0.15) is 90.4 Å². The van der Waals surface area contributed by atoms with Gasteiger partial charge in [-0.25, -0.2) is 8.42 Å². The summed E-state index contributed by atoms with van der Waals surface area (Å²) >= 11 is 0. The summed E-state index contributed by atoms with van der Waals surface area (Å²) < 4.78 is 36.4. The molecular formula is C40H48N2O5S. The van der Waals surface area contributed by atoms with Gasteiger partial charge in [0.25, 0.3) is 0 Å². The summed E-state index contributed by atoms with van der Waals surface area (Å²) in [5, 5.41) is 12.8. The van der Waals surface area contributed by atoms with Crippen molar-refractivity contribution in [2.24, 2.45) is 5.92 Å². The van der Waals surface area contributed by atoms with Crippen molar-refractivity contribution in [3.05, 3.63) is 101 Å². The van der Waals surface area contributed by atoms with Gasteiger partial charge in [0, 0.05) is 49.7 Å². The number of anilines is 1. The first kappa shape index (κ1) is 33.1. The highest BCUT2D eigenvalue weighted by Crippen LogP contribution is 2.51. The second-order valence-electron chi connectivity index (χ2n) is 14.5. The summed E-state index contributed by atoms with van der Waals surface area (Å²) in [6.07, 6.45) is 7.72. The molecule has 254 valence electrons. The number of Topliss-reactive ketones (excluding diaryl/α,β-unsaturated/α-hetero) is 1. The zero-order valence-electron chi connectivity index (χ0n) is 28.4. The Hall–Kier alpha value is -3.46. The number of sulfonamides is 1. The molecule has 8 heteroatoms. The van der Waals surface area contributed by atoms with Crippen molar-refractivity contribution in [2.45, 2.75) is 101 Å². The summed E-state index contributed by atoms with van der Waals surface area (Å²) in [5.41, 5.74) is 6.60. The number of ketones is 1. The minimum atomic E-state index is -3.59. The minimum absolute atomic E-state index is 0.0755. The van der Waals surface area contributed by atoms with Crippen LogP contribution >= 0.6 is 0 Å². The number of ether oxygens (including phenoxy) is 1. The molecule has 7 nitrogen and oxygen atoms in total. The van der Waals surface area contributed by atoms with E-state index in [2.05, 4.69) is 61.0 Å². The van der Waals surface area contributed by atoms with Crippen molar-refractivity contribution in [3.8, 4) is 0 Å². The molecule has 3 aromatic carbocycles. The van der Waals surface area contributed by atoms with Crippen molar-refractivity contribution >= 4 is 32.4 Å². The molecule has 3 aliphatic rings. The van der Waals surface area contributed by atoms with Crippen LogP contribution in [0.4, 0.5) is 5.69 Å². The number of hydrogen-bond donors (Lipinski definition) is 1. The van der Waals surface area contributed by atoms with Crippen LogP contribution < -0.4 is 4.31 Å². The molecule has 7 rings (SSSR count). The lowest BCUT2D eigenvalue weighted by Crippen LogP contribution is -2.38. The van der Waals surface area contributed by atoms with E-state index in [1.807, 2.05) is 24.3 Å². The van der Waals surface area contributed by atoms with Gasteiger partial charge in [0.15, 0.2) is 5.78 Å². The highest BCUT2D eigenvalue weighted by atomic mass is 32.2. The summed E-state index contributed by atoms with van der Waals surface area (Å²) in [7, 11) is -1.95. The highest BCUT2D eigenvalue weighted by Gasteiger charge is 2.58. The van der Waals surface area contributed by atoms with Gasteiger partial charge in [-0.15, -0.1) is 0 Å². The molecule has 0 amide bonds. The molecule has 4 aromatic rings. The number of carbonyl (C=O) groups is 1. The molecule has 0 radical (unpaired) electrons. The Morgan fingerprint density at radius 1 is 1.06 bits per heavy atom. The van der Waals surface area contributed by atoms with E-state index in [0.29, 0.717) is 43.5 Å². The van der Waals surface area contributed by atoms with Crippen LogP contribution in [0.15, 0.2) is 72.9 Å². The maximum atomic E-state index is 14.3. The van der Waals surface area contributed by atoms with Gasteiger partial charge in [0.1, 0.15) is 4.75 Å². The monoisotopic (exact) mass is 668 g/mol. The van der Waals surface area contributed by atoms with Crippen molar-refractivity contribution in [1.29, 1.82) is 0 Å². The maximum Gasteiger partial charge on any atom is 0.242 e. The molecule has 1 aromatic heterocycles. The zero-order valence-corrected chi connectivity index (χ0v) is 29.2. The Morgan fingerprint density at radius 3 is 2.54 bits per heavy atom. The predicted octanol–water partition coefficient (Wildman–Crippen LogP) is 7.36. The third-order valence-electron chi connectivity index (χ3n) is 11.2. The van der Waals surface area contributed by atoms with E-state index in [4.69, 9.17) is 4.74 Å². The van der Waals surface area contributed by atoms with E-state index >= 15 is 0 Å². The lowest BCUT2D eigenvalue weighted by Gasteiger charge is -2.28. The number of aromatic nitrogens is 1. The SMILES string of the molecule is CCc1cn2c3c(cc(C(=O)C[C@@H](Cc4ccccc4)[C@H](O)CC[C@H](c4cccc(C)c4)C4CCCO4)cc13)N(C)S(=O)(=O)C1(CC1)C2. The summed E-state index contributed by atoms with van der Waals surface area (Å²) in [6.45, 7) is 5.42. The first-order valence-electron chi connectivity index (χ1n) is 17.7. The zero-order chi connectivity index (χ0) is 33.6. The fraction of sp³-hybridized carbons (Fsp3) is 0.475. The van der Waals surface area contributed by atoms with Crippen LogP contribution in [-0.4, -0.2) is 54.5 Å². The molecule has 3 heterocycles. The van der Waals surface area contributed by atoms with Crippen LogP contribution in [0.3, 0.4) is 0 Å². The Balaban J connectivity index is 1.18. The molecule has 1 saturated carbocycles. The van der Waals surface area contributed by atoms with Gasteiger partial charge < -0.3 is 14.4 Å². The number of aliphatic hydroxyl groups is 1. The van der Waals surface area contributed by atoms with Crippen LogP contribution in [0.25, 0.3) is 10.9 Å². The van der Waals surface area contributed by atoms with Gasteiger partial charge in [0.05, 0.1) is 23.4 Å². The third-order valence-corrected chi connectivity index (χ3v) is 13.8. The van der Waals surface area contributed by atoms with Crippen molar-refractivity contribution < 1.29 is 23.1 Å². The van der Waals surface area contributed by atoms with Crippen LogP contribution in [0.5, 0.6) is 0 Å². The summed E-state index contributed by atoms with van der Waals surface area (Å²) in [6, 6.07) is 22.4. The van der Waals surface area contributed by atoms with Gasteiger partial charge in [-0.2, -0.15) is 0 Å². The normalized spacial score (nSPS) is 21.2. The molecular weight excluding hydrogens is 621 g/mol. The quantitative estimate of drug-likeness (QED) is 0.160. The summed E-state index contributed by atoms with van der Waals surface area (Å²) in [5.74, 6) is -0.199. The van der Waals surface area contributed by atoms with Crippen molar-refractivity contribution in [1.82, 2.24) is 4.57 Å². The number of hydrogen-bond acceptors (Lipinski definition) is 5. The van der Waals surface area contributed by atoms with E-state index in [1.165, 1.54) is 15.4 Å². The Kier molecular flexibility index (Phi) is 9.02. The molecule has 1 N–H and O–H groups in total. The van der Waals surface area contributed by atoms with Crippen LogP contribution in [-0.2, 0) is 34.1 Å². The lowest BCUT2D eigenvalue weighted by atomic mass is 9.81. The average molecular weight is 669 g/mol. The predicted molar refractivity (Wildman–Crippen MR) is 191 cm³/mol. The highest BCUT2D eigenvalue weighted by molar-refractivity contribution is 7.94. The Morgan fingerprint density at radius 2 is 1.85 bits per heavy atom. The second-order valence-corrected chi connectivity index (χ2v) is 16.8. The van der Waals surface area contributed by atoms with Gasteiger partial charge in [-0.1, -0.05) is 67.1 Å². The fourth-order valence-electron chi connectivity index (χ4n) is 8.25. The lowest BCUT2D eigenvalue weighted by molar-refractivity contribution is 0.0591. The van der Waals surface area contributed by atoms with Gasteiger partial charge in [-0.3, -0.25) is 9.10 Å². The third kappa shape index (κ3) is 6.12. The number of nitrogens with zero attached hydrogens (tertiary/aromatic N) is 2. The van der Waals surface area contributed by atoms with Crippen molar-refractivity contribution in [2.75, 3.05) is 18.0 Å². The molecule has 1 saturated heterocycles. The molecule has 2 fully saturated rings. The molecule has 1 unspecified atom stereocenters. The first-order chi connectivity index (χ1) is 23.1. The fourth-order valence-corrected chi connectivity index (χ4v) is 10.2. The summed E-state index contributed by atoms with van der Waals surface area (Å²) in [4.78, 5) is 14.3. The average Bonchev–Trinajstić information content (AvgIpc) is 3.54. The minimum Gasteiger partial charge on any atom is -0.393 e. The number of rotatable bonds is 12. The van der Waals surface area contributed by atoms with E-state index in [-0.39, 0.29) is 30.1 Å². The molecule has 0 bridgehead atoms. The molecule has 4 atom stereocenters. The smallest absolute Gasteiger partial charge is 0.242 e. The second kappa shape index (κ2) is 13.1. The molecule has 48 heavy (non-hydrogen) atoms. The maximum absolute atomic E-state index is 14.3. The van der Waals surface area contributed by atoms with Gasteiger partial charge in [-0.05, 0) is 93.0 Å². The Bertz CT molecular complexity index is 1910. The molecule has 2 aliphatic heterocycles. The number of aliphatic hydroxyl groups excluding tert-OH is 1. The first-order valence-corrected chi connectivity index (χ1v) is 19.1. The van der Waals surface area contributed by atoms with E-state index in [9.17, 15) is 18.3 Å². The Labute approximate surface area is 285 Å². The largest absolute Gasteiger partial charge is 0.393 e. The standard InChI is InChI=1S/C40H48N2O5S/c1-4-29-25-42-26-40(17-18-40)48(45,46)41(3)35-23-32(22-34(29)39(35)42)37(44)24-31(21-28-11-6-5-7-12-28)36(43)16-15-33(38-14-9-19-47-38)30-13-8-10-27(2)20-30/h5-8,10-13,20,22-23,25,31,33,36,38,43H,4,9,14-19,21,24,26H2,1-3H3/t31-,33-,36-,38?/m1/s1. The van der Waals surface area contributed by atoms with Gasteiger partial charge in [0.2, 0.25) is 10.0 Å². The van der Waals surface area contributed by atoms with E-state index in [1.54, 1.807) is 13.1 Å². The van der Waals surface area contributed by atoms with Crippen LogP contribution in [0.2, 0.25) is 0 Å². The van der Waals surface area contributed by atoms with E-state index in [0.717, 1.165) is 54.3 Å². The van der Waals surface area contributed by atoms with Crippen molar-refractivity contribution in [3.63, 3.8) is 0 Å². The number of benzene rings is 3. The topological polar surface area (TPSA) is 88.8 Å². The number of aryl methyl sites for hydroxylation is 2. The van der Waals surface area contributed by atoms with E-state index < -0.39 is 20.9 Å². The number of carbonyl (C=O) groups excluding carboxylic acids is 1. The molecule has 1 aliphatic carbocycles. The van der Waals surface area contributed by atoms with Gasteiger partial charge >= 0.3 is 0 Å². The molecule has 1 spiro atoms.